The van der Waals surface area contributed by atoms with Crippen molar-refractivity contribution in [2.24, 2.45) is 0 Å². The lowest BCUT2D eigenvalue weighted by atomic mass is 9.87. The summed E-state index contributed by atoms with van der Waals surface area (Å²) < 4.78 is 6.88. The molecule has 4 heterocycles. The Kier molecular flexibility index (Phi) is 4.93. The highest BCUT2D eigenvalue weighted by atomic mass is 16.5. The Bertz CT molecular complexity index is 1530. The second-order valence-corrected chi connectivity index (χ2v) is 9.02. The van der Waals surface area contributed by atoms with Gasteiger partial charge in [0.15, 0.2) is 0 Å². The number of aromatic nitrogens is 4. The first-order valence-electron chi connectivity index (χ1n) is 10.8. The quantitative estimate of drug-likeness (QED) is 0.359. The molecule has 0 saturated carbocycles. The fraction of sp³-hybridized carbons (Fsp3) is 0.185. The smallest absolute Gasteiger partial charge is 0.255 e. The predicted octanol–water partition coefficient (Wildman–Crippen LogP) is 5.30. The van der Waals surface area contributed by atoms with Crippen molar-refractivity contribution < 1.29 is 4.74 Å². The van der Waals surface area contributed by atoms with E-state index >= 15 is 0 Å². The molecule has 164 valence electrons. The maximum absolute atomic E-state index is 13.1. The monoisotopic (exact) mass is 436 g/mol. The lowest BCUT2D eigenvalue weighted by Crippen LogP contribution is -2.18. The largest absolute Gasteiger partial charge is 0.481 e. The van der Waals surface area contributed by atoms with E-state index in [1.165, 1.54) is 5.56 Å². The van der Waals surface area contributed by atoms with Gasteiger partial charge in [-0.3, -0.25) is 14.3 Å². The van der Waals surface area contributed by atoms with Crippen molar-refractivity contribution in [3.8, 4) is 22.8 Å². The molecule has 0 N–H and O–H groups in total. The van der Waals surface area contributed by atoms with Crippen molar-refractivity contribution in [2.45, 2.75) is 26.2 Å². The molecule has 6 heteroatoms. The highest BCUT2D eigenvalue weighted by Gasteiger charge is 2.16. The molecule has 33 heavy (non-hydrogen) atoms. The van der Waals surface area contributed by atoms with Crippen LogP contribution in [0.3, 0.4) is 0 Å². The summed E-state index contributed by atoms with van der Waals surface area (Å²) >= 11 is 0. The maximum Gasteiger partial charge on any atom is 0.255 e. The van der Waals surface area contributed by atoms with E-state index in [1.807, 2.05) is 30.3 Å². The zero-order valence-electron chi connectivity index (χ0n) is 19.0. The summed E-state index contributed by atoms with van der Waals surface area (Å²) in [5.41, 5.74) is 5.64. The standard InChI is InChI=1S/C27H24N4O2/c1-27(2,3)19-7-9-20(10-8-19)31-24(32)14-6-18-16-28-22-12-11-21(30-25(22)26(18)31)17-5-13-23(33-4)29-15-17/h5-16H,1-4H3. The van der Waals surface area contributed by atoms with E-state index in [4.69, 9.17) is 9.72 Å². The van der Waals surface area contributed by atoms with E-state index in [1.54, 1.807) is 42.3 Å². The van der Waals surface area contributed by atoms with Crippen LogP contribution in [0.25, 0.3) is 38.9 Å². The van der Waals surface area contributed by atoms with Crippen molar-refractivity contribution in [3.63, 3.8) is 0 Å². The summed E-state index contributed by atoms with van der Waals surface area (Å²) in [7, 11) is 1.58. The molecule has 4 aromatic heterocycles. The van der Waals surface area contributed by atoms with Crippen LogP contribution in [-0.2, 0) is 5.41 Å². The molecule has 0 radical (unpaired) electrons. The van der Waals surface area contributed by atoms with Crippen LogP contribution in [0.15, 0.2) is 77.9 Å². The Morgan fingerprint density at radius 1 is 0.848 bits per heavy atom. The van der Waals surface area contributed by atoms with E-state index in [-0.39, 0.29) is 11.0 Å². The second kappa shape index (κ2) is 7.81. The number of fused-ring (bicyclic) bond motifs is 3. The number of nitrogens with zero attached hydrogens (tertiary/aromatic N) is 4. The molecule has 6 nitrogen and oxygen atoms in total. The third kappa shape index (κ3) is 3.74. The molecule has 0 fully saturated rings. The molecule has 5 rings (SSSR count). The van der Waals surface area contributed by atoms with E-state index in [9.17, 15) is 4.79 Å². The van der Waals surface area contributed by atoms with Crippen molar-refractivity contribution >= 4 is 21.9 Å². The summed E-state index contributed by atoms with van der Waals surface area (Å²) in [6.45, 7) is 6.51. The summed E-state index contributed by atoms with van der Waals surface area (Å²) in [6.07, 6.45) is 3.51. The van der Waals surface area contributed by atoms with Crippen LogP contribution >= 0.6 is 0 Å². The van der Waals surface area contributed by atoms with E-state index in [0.29, 0.717) is 11.4 Å². The van der Waals surface area contributed by atoms with Gasteiger partial charge in [0.2, 0.25) is 5.88 Å². The Labute approximate surface area is 191 Å². The Hall–Kier alpha value is -4.06. The topological polar surface area (TPSA) is 69.9 Å². The Morgan fingerprint density at radius 3 is 2.30 bits per heavy atom. The first-order chi connectivity index (χ1) is 15.8. The SMILES string of the molecule is COc1ccc(-c2ccc3ncc4ccc(=O)n(-c5ccc(C(C)(C)C)cc5)c4c3n2)cn1. The lowest BCUT2D eigenvalue weighted by molar-refractivity contribution is 0.398. The number of methoxy groups -OCH3 is 1. The van der Waals surface area contributed by atoms with Crippen LogP contribution in [0, 0.1) is 0 Å². The molecule has 0 amide bonds. The first-order valence-corrected chi connectivity index (χ1v) is 10.8. The Morgan fingerprint density at radius 2 is 1.64 bits per heavy atom. The highest BCUT2D eigenvalue weighted by Crippen LogP contribution is 2.28. The van der Waals surface area contributed by atoms with Gasteiger partial charge < -0.3 is 4.74 Å². The van der Waals surface area contributed by atoms with E-state index < -0.39 is 0 Å². The van der Waals surface area contributed by atoms with Gasteiger partial charge in [-0.05, 0) is 47.4 Å². The van der Waals surface area contributed by atoms with Crippen LogP contribution in [0.1, 0.15) is 26.3 Å². The second-order valence-electron chi connectivity index (χ2n) is 9.02. The van der Waals surface area contributed by atoms with Gasteiger partial charge in [0.05, 0.1) is 23.8 Å². The van der Waals surface area contributed by atoms with Crippen molar-refractivity contribution in [1.82, 2.24) is 19.5 Å². The van der Waals surface area contributed by atoms with Gasteiger partial charge in [-0.1, -0.05) is 32.9 Å². The molecule has 0 aliphatic carbocycles. The van der Waals surface area contributed by atoms with Crippen LogP contribution in [0.2, 0.25) is 0 Å². The fourth-order valence-electron chi connectivity index (χ4n) is 3.95. The zero-order chi connectivity index (χ0) is 23.2. The number of benzene rings is 1. The summed E-state index contributed by atoms with van der Waals surface area (Å²) in [4.78, 5) is 26.8. The molecule has 0 spiro atoms. The molecular formula is C27H24N4O2. The molecule has 0 aliphatic heterocycles. The molecule has 0 aliphatic rings. The van der Waals surface area contributed by atoms with Crippen LogP contribution in [0.4, 0.5) is 0 Å². The van der Waals surface area contributed by atoms with Gasteiger partial charge in [0.25, 0.3) is 5.56 Å². The van der Waals surface area contributed by atoms with Crippen LogP contribution < -0.4 is 10.3 Å². The predicted molar refractivity (Wildman–Crippen MR) is 131 cm³/mol. The average Bonchev–Trinajstić information content (AvgIpc) is 2.83. The Balaban J connectivity index is 1.76. The number of hydrogen-bond acceptors (Lipinski definition) is 5. The minimum absolute atomic E-state index is 0.0295. The minimum atomic E-state index is -0.114. The molecule has 0 saturated heterocycles. The number of rotatable bonds is 3. The van der Waals surface area contributed by atoms with Crippen LogP contribution in [-0.4, -0.2) is 26.6 Å². The summed E-state index contributed by atoms with van der Waals surface area (Å²) in [6, 6.07) is 19.1. The normalized spacial score (nSPS) is 11.8. The van der Waals surface area contributed by atoms with E-state index in [0.717, 1.165) is 33.4 Å². The third-order valence-electron chi connectivity index (χ3n) is 5.80. The number of ether oxygens (including phenoxy) is 1. The third-order valence-corrected chi connectivity index (χ3v) is 5.80. The number of pyridine rings is 4. The number of hydrogen-bond donors (Lipinski definition) is 0. The van der Waals surface area contributed by atoms with Gasteiger partial charge in [-0.2, -0.15) is 0 Å². The molecular weight excluding hydrogens is 412 g/mol. The van der Waals surface area contributed by atoms with Crippen molar-refractivity contribution in [3.05, 3.63) is 89.0 Å². The van der Waals surface area contributed by atoms with Gasteiger partial charge in [0.1, 0.15) is 5.52 Å². The summed E-state index contributed by atoms with van der Waals surface area (Å²) in [5.74, 6) is 0.541. The van der Waals surface area contributed by atoms with Gasteiger partial charge in [-0.25, -0.2) is 9.97 Å². The van der Waals surface area contributed by atoms with Crippen molar-refractivity contribution in [2.75, 3.05) is 7.11 Å². The zero-order valence-corrected chi connectivity index (χ0v) is 19.0. The van der Waals surface area contributed by atoms with Gasteiger partial charge in [0, 0.05) is 41.2 Å². The van der Waals surface area contributed by atoms with Crippen LogP contribution in [0.5, 0.6) is 5.88 Å². The average molecular weight is 437 g/mol. The molecule has 0 atom stereocenters. The van der Waals surface area contributed by atoms with Gasteiger partial charge >= 0.3 is 0 Å². The maximum atomic E-state index is 13.1. The summed E-state index contributed by atoms with van der Waals surface area (Å²) in [5, 5.41) is 0.847. The first kappa shape index (κ1) is 20.8. The highest BCUT2D eigenvalue weighted by molar-refractivity contribution is 6.02. The molecule has 0 unspecified atom stereocenters. The van der Waals surface area contributed by atoms with Gasteiger partial charge in [-0.15, -0.1) is 0 Å². The molecule has 0 bridgehead atoms. The van der Waals surface area contributed by atoms with E-state index in [2.05, 4.69) is 42.9 Å². The fourth-order valence-corrected chi connectivity index (χ4v) is 3.95. The molecule has 1 aromatic carbocycles. The van der Waals surface area contributed by atoms with Crippen molar-refractivity contribution in [1.29, 1.82) is 0 Å². The molecule has 5 aromatic rings. The lowest BCUT2D eigenvalue weighted by Gasteiger charge is -2.20. The minimum Gasteiger partial charge on any atom is -0.481 e.